The van der Waals surface area contributed by atoms with Gasteiger partial charge in [0.2, 0.25) is 0 Å². The molecule has 2 aliphatic rings. The van der Waals surface area contributed by atoms with Gasteiger partial charge >= 0.3 is 0 Å². The van der Waals surface area contributed by atoms with Crippen LogP contribution in [0.5, 0.6) is 0 Å². The van der Waals surface area contributed by atoms with Gasteiger partial charge in [-0.2, -0.15) is 0 Å². The van der Waals surface area contributed by atoms with Crippen molar-refractivity contribution in [2.45, 2.75) is 31.3 Å². The average Bonchev–Trinajstić information content (AvgIpc) is 2.02. The van der Waals surface area contributed by atoms with E-state index in [2.05, 4.69) is 11.8 Å². The van der Waals surface area contributed by atoms with E-state index in [1.165, 1.54) is 12.8 Å². The lowest BCUT2D eigenvalue weighted by molar-refractivity contribution is -0.0355. The Balaban J connectivity index is 1.79. The Morgan fingerprint density at radius 3 is 2.75 bits per heavy atom. The average molecular weight is 170 g/mol. The van der Waals surface area contributed by atoms with E-state index in [1.807, 2.05) is 0 Å². The summed E-state index contributed by atoms with van der Waals surface area (Å²) in [5.74, 6) is 0. The van der Waals surface area contributed by atoms with Crippen molar-refractivity contribution in [3.05, 3.63) is 0 Å². The molecule has 0 amide bonds. The highest BCUT2D eigenvalue weighted by Gasteiger charge is 2.39. The molecular formula is C9H18N2O. The summed E-state index contributed by atoms with van der Waals surface area (Å²) < 4.78 is 5.42. The summed E-state index contributed by atoms with van der Waals surface area (Å²) in [6.07, 6.45) is 2.50. The fourth-order valence-corrected chi connectivity index (χ4v) is 2.15. The van der Waals surface area contributed by atoms with Crippen LogP contribution in [0.3, 0.4) is 0 Å². The van der Waals surface area contributed by atoms with Crippen molar-refractivity contribution in [1.29, 1.82) is 0 Å². The van der Waals surface area contributed by atoms with E-state index in [0.29, 0.717) is 6.04 Å². The number of ether oxygens (including phenoxy) is 1. The van der Waals surface area contributed by atoms with Gasteiger partial charge in [-0.15, -0.1) is 0 Å². The second kappa shape index (κ2) is 2.98. The molecule has 0 saturated carbocycles. The van der Waals surface area contributed by atoms with Crippen molar-refractivity contribution >= 4 is 0 Å². The van der Waals surface area contributed by atoms with Crippen LogP contribution < -0.4 is 5.73 Å². The molecule has 2 saturated heterocycles. The molecule has 0 radical (unpaired) electrons. The minimum Gasteiger partial charge on any atom is -0.380 e. The summed E-state index contributed by atoms with van der Waals surface area (Å²) in [5.41, 5.74) is 6.00. The summed E-state index contributed by atoms with van der Waals surface area (Å²) in [4.78, 5) is 2.44. The zero-order valence-corrected chi connectivity index (χ0v) is 7.75. The van der Waals surface area contributed by atoms with Gasteiger partial charge in [0, 0.05) is 31.3 Å². The largest absolute Gasteiger partial charge is 0.380 e. The van der Waals surface area contributed by atoms with Crippen molar-refractivity contribution in [3.8, 4) is 0 Å². The molecule has 1 unspecified atom stereocenters. The molecule has 0 spiro atoms. The standard InChI is InChI=1S/C9H18N2O/c1-9(10)6-11(7-9)8-3-2-4-12-5-8/h8H,2-7,10H2,1H3. The molecule has 2 aliphatic heterocycles. The van der Waals surface area contributed by atoms with Crippen LogP contribution in [0.2, 0.25) is 0 Å². The van der Waals surface area contributed by atoms with Gasteiger partial charge in [-0.25, -0.2) is 0 Å². The molecule has 0 aromatic rings. The van der Waals surface area contributed by atoms with Gasteiger partial charge in [-0.3, -0.25) is 4.90 Å². The second-order valence-corrected chi connectivity index (χ2v) is 4.43. The molecule has 12 heavy (non-hydrogen) atoms. The third-order valence-electron chi connectivity index (χ3n) is 2.78. The lowest BCUT2D eigenvalue weighted by Gasteiger charge is -2.50. The first-order chi connectivity index (χ1) is 5.67. The fraction of sp³-hybridized carbons (Fsp3) is 1.00. The van der Waals surface area contributed by atoms with Gasteiger partial charge in [-0.1, -0.05) is 0 Å². The van der Waals surface area contributed by atoms with E-state index in [-0.39, 0.29) is 5.54 Å². The normalized spacial score (nSPS) is 36.0. The van der Waals surface area contributed by atoms with E-state index < -0.39 is 0 Å². The Morgan fingerprint density at radius 1 is 1.50 bits per heavy atom. The fourth-order valence-electron chi connectivity index (χ4n) is 2.15. The van der Waals surface area contributed by atoms with E-state index in [1.54, 1.807) is 0 Å². The SMILES string of the molecule is CC1(N)CN(C2CCCOC2)C1. The Morgan fingerprint density at radius 2 is 2.25 bits per heavy atom. The number of likely N-dealkylation sites (tertiary alicyclic amines) is 1. The quantitative estimate of drug-likeness (QED) is 0.611. The van der Waals surface area contributed by atoms with Crippen LogP contribution >= 0.6 is 0 Å². The lowest BCUT2D eigenvalue weighted by atomic mass is 9.90. The first-order valence-corrected chi connectivity index (χ1v) is 4.78. The first kappa shape index (κ1) is 8.48. The lowest BCUT2D eigenvalue weighted by Crippen LogP contribution is -2.68. The highest BCUT2D eigenvalue weighted by Crippen LogP contribution is 2.24. The molecule has 0 aromatic heterocycles. The zero-order chi connectivity index (χ0) is 8.60. The molecule has 0 aromatic carbocycles. The number of nitrogens with two attached hydrogens (primary N) is 1. The smallest absolute Gasteiger partial charge is 0.0621 e. The van der Waals surface area contributed by atoms with E-state index >= 15 is 0 Å². The molecule has 3 heteroatoms. The topological polar surface area (TPSA) is 38.5 Å². The maximum Gasteiger partial charge on any atom is 0.0621 e. The van der Waals surface area contributed by atoms with E-state index in [9.17, 15) is 0 Å². The van der Waals surface area contributed by atoms with Gasteiger partial charge in [0.05, 0.1) is 6.61 Å². The zero-order valence-electron chi connectivity index (χ0n) is 7.75. The van der Waals surface area contributed by atoms with Gasteiger partial charge in [0.25, 0.3) is 0 Å². The summed E-state index contributed by atoms with van der Waals surface area (Å²) in [6.45, 7) is 6.07. The van der Waals surface area contributed by atoms with Crippen LogP contribution in [0.4, 0.5) is 0 Å². The third kappa shape index (κ3) is 1.63. The Labute approximate surface area is 73.9 Å². The maximum atomic E-state index is 5.94. The summed E-state index contributed by atoms with van der Waals surface area (Å²) in [5, 5.41) is 0. The van der Waals surface area contributed by atoms with Crippen molar-refractivity contribution < 1.29 is 4.74 Å². The minimum atomic E-state index is 0.0669. The monoisotopic (exact) mass is 170 g/mol. The van der Waals surface area contributed by atoms with Crippen molar-refractivity contribution in [2.75, 3.05) is 26.3 Å². The molecular weight excluding hydrogens is 152 g/mol. The maximum absolute atomic E-state index is 5.94. The molecule has 3 nitrogen and oxygen atoms in total. The second-order valence-electron chi connectivity index (χ2n) is 4.43. The summed E-state index contributed by atoms with van der Waals surface area (Å²) >= 11 is 0. The predicted octanol–water partition coefficient (Wildman–Crippen LogP) is 0.198. The van der Waals surface area contributed by atoms with E-state index in [0.717, 1.165) is 26.3 Å². The highest BCUT2D eigenvalue weighted by molar-refractivity contribution is 4.98. The number of rotatable bonds is 1. The van der Waals surface area contributed by atoms with Crippen LogP contribution in [-0.4, -0.2) is 42.8 Å². The summed E-state index contributed by atoms with van der Waals surface area (Å²) in [7, 11) is 0. The molecule has 0 bridgehead atoms. The highest BCUT2D eigenvalue weighted by atomic mass is 16.5. The van der Waals surface area contributed by atoms with Crippen molar-refractivity contribution in [1.82, 2.24) is 4.90 Å². The van der Waals surface area contributed by atoms with Crippen LogP contribution in [-0.2, 0) is 4.74 Å². The van der Waals surface area contributed by atoms with Gasteiger partial charge < -0.3 is 10.5 Å². The molecule has 2 heterocycles. The van der Waals surface area contributed by atoms with Gasteiger partial charge in [0.1, 0.15) is 0 Å². The van der Waals surface area contributed by atoms with Crippen LogP contribution in [0.1, 0.15) is 19.8 Å². The summed E-state index contributed by atoms with van der Waals surface area (Å²) in [6, 6.07) is 0.648. The molecule has 2 fully saturated rings. The Kier molecular flexibility index (Phi) is 2.10. The van der Waals surface area contributed by atoms with Gasteiger partial charge in [0.15, 0.2) is 0 Å². The number of nitrogens with zero attached hydrogens (tertiary/aromatic N) is 1. The minimum absolute atomic E-state index is 0.0669. The third-order valence-corrected chi connectivity index (χ3v) is 2.78. The molecule has 0 aliphatic carbocycles. The molecule has 70 valence electrons. The van der Waals surface area contributed by atoms with Gasteiger partial charge in [-0.05, 0) is 19.8 Å². The van der Waals surface area contributed by atoms with Crippen LogP contribution in [0.25, 0.3) is 0 Å². The first-order valence-electron chi connectivity index (χ1n) is 4.78. The number of hydrogen-bond donors (Lipinski definition) is 1. The Bertz CT molecular complexity index is 156. The molecule has 2 rings (SSSR count). The van der Waals surface area contributed by atoms with Crippen molar-refractivity contribution in [3.63, 3.8) is 0 Å². The molecule has 1 atom stereocenters. The molecule has 2 N–H and O–H groups in total. The number of hydrogen-bond acceptors (Lipinski definition) is 3. The van der Waals surface area contributed by atoms with Crippen LogP contribution in [0.15, 0.2) is 0 Å². The van der Waals surface area contributed by atoms with Crippen LogP contribution in [0, 0.1) is 0 Å². The Hall–Kier alpha value is -0.120. The van der Waals surface area contributed by atoms with Crippen molar-refractivity contribution in [2.24, 2.45) is 5.73 Å². The predicted molar refractivity (Wildman–Crippen MR) is 48.0 cm³/mol. The van der Waals surface area contributed by atoms with E-state index in [4.69, 9.17) is 10.5 Å².